The third-order valence-electron chi connectivity index (χ3n) is 9.46. The van der Waals surface area contributed by atoms with Gasteiger partial charge in [-0.3, -0.25) is 0 Å². The van der Waals surface area contributed by atoms with Crippen LogP contribution < -0.4 is 0 Å². The Hall–Kier alpha value is -3.16. The number of rotatable bonds is 8. The molecule has 1 aliphatic heterocycles. The number of hydrogen-bond donors (Lipinski definition) is 1. The summed E-state index contributed by atoms with van der Waals surface area (Å²) in [4.78, 5) is 23.5. The minimum Gasteiger partial charge on any atom is -0.465 e. The predicted molar refractivity (Wildman–Crippen MR) is 152 cm³/mol. The molecule has 3 fully saturated rings. The van der Waals surface area contributed by atoms with Crippen molar-refractivity contribution in [3.05, 3.63) is 40.8 Å². The van der Waals surface area contributed by atoms with Crippen LogP contribution in [-0.2, 0) is 16.7 Å². The first kappa shape index (κ1) is 28.0. The second-order valence-corrected chi connectivity index (χ2v) is 12.6. The number of carbonyl (C=O) groups is 1. The van der Waals surface area contributed by atoms with Crippen molar-refractivity contribution in [2.24, 2.45) is 11.8 Å². The van der Waals surface area contributed by atoms with Crippen molar-refractivity contribution in [3.63, 3.8) is 0 Å². The minimum absolute atomic E-state index is 0.256. The van der Waals surface area contributed by atoms with Gasteiger partial charge in [-0.05, 0) is 68.9 Å². The lowest BCUT2D eigenvalue weighted by atomic mass is 9.78. The Morgan fingerprint density at radius 3 is 2.71 bits per heavy atom. The topological polar surface area (TPSA) is 130 Å². The molecule has 1 aromatic carbocycles. The highest BCUT2D eigenvalue weighted by Crippen LogP contribution is 2.39. The summed E-state index contributed by atoms with van der Waals surface area (Å²) < 4.78 is 13.6. The molecule has 218 valence electrons. The second kappa shape index (κ2) is 12.0. The number of nitrogens with zero attached hydrogens (tertiary/aromatic N) is 6. The molecule has 2 aliphatic carbocycles. The first-order valence-corrected chi connectivity index (χ1v) is 15.3. The fraction of sp³-hybridized carbons (Fsp3) is 0.633. The Morgan fingerprint density at radius 2 is 1.95 bits per heavy atom. The largest absolute Gasteiger partial charge is 0.465 e. The van der Waals surface area contributed by atoms with E-state index in [1.807, 2.05) is 6.07 Å². The molecule has 0 bridgehead atoms. The molecule has 1 N–H and O–H groups in total. The van der Waals surface area contributed by atoms with Crippen LogP contribution in [0.3, 0.4) is 0 Å². The van der Waals surface area contributed by atoms with E-state index in [4.69, 9.17) is 25.8 Å². The average molecular weight is 581 g/mol. The zero-order chi connectivity index (χ0) is 28.4. The number of nitriles is 1. The van der Waals surface area contributed by atoms with Gasteiger partial charge in [-0.25, -0.2) is 9.78 Å². The maximum absolute atomic E-state index is 12.6. The van der Waals surface area contributed by atoms with Crippen molar-refractivity contribution in [3.8, 4) is 6.07 Å². The van der Waals surface area contributed by atoms with E-state index in [2.05, 4.69) is 20.8 Å². The number of aromatic nitrogens is 4. The van der Waals surface area contributed by atoms with Gasteiger partial charge in [0.2, 0.25) is 5.89 Å². The Balaban J connectivity index is 1.16. The summed E-state index contributed by atoms with van der Waals surface area (Å²) in [6.07, 6.45) is 10.8. The molecule has 0 radical (unpaired) electrons. The summed E-state index contributed by atoms with van der Waals surface area (Å²) in [6, 6.07) is 5.66. The van der Waals surface area contributed by atoms with Gasteiger partial charge >= 0.3 is 6.09 Å². The summed E-state index contributed by atoms with van der Waals surface area (Å²) in [5.74, 6) is 2.32. The lowest BCUT2D eigenvalue weighted by molar-refractivity contribution is 0.0180. The van der Waals surface area contributed by atoms with Crippen LogP contribution in [0, 0.1) is 23.2 Å². The number of benzene rings is 1. The van der Waals surface area contributed by atoms with E-state index in [9.17, 15) is 15.2 Å². The van der Waals surface area contributed by atoms with Gasteiger partial charge in [-0.15, -0.1) is 0 Å². The van der Waals surface area contributed by atoms with Gasteiger partial charge in [0.15, 0.2) is 5.82 Å². The van der Waals surface area contributed by atoms with Gasteiger partial charge in [-0.2, -0.15) is 10.2 Å². The van der Waals surface area contributed by atoms with Gasteiger partial charge in [0, 0.05) is 38.8 Å². The average Bonchev–Trinajstić information content (AvgIpc) is 3.75. The monoisotopic (exact) mass is 580 g/mol. The number of imidazole rings is 1. The van der Waals surface area contributed by atoms with E-state index in [1.54, 1.807) is 17.3 Å². The van der Waals surface area contributed by atoms with E-state index in [-0.39, 0.29) is 5.92 Å². The Kier molecular flexibility index (Phi) is 8.18. The molecule has 2 aromatic heterocycles. The van der Waals surface area contributed by atoms with Crippen LogP contribution in [0.25, 0.3) is 11.0 Å². The molecule has 41 heavy (non-hydrogen) atoms. The van der Waals surface area contributed by atoms with Crippen LogP contribution in [0.5, 0.6) is 0 Å². The molecule has 2 saturated carbocycles. The van der Waals surface area contributed by atoms with Crippen molar-refractivity contribution in [2.45, 2.75) is 82.1 Å². The van der Waals surface area contributed by atoms with Gasteiger partial charge in [0.1, 0.15) is 5.52 Å². The normalized spacial score (nSPS) is 23.0. The summed E-state index contributed by atoms with van der Waals surface area (Å²) >= 11 is 6.37. The maximum Gasteiger partial charge on any atom is 0.407 e. The molecular formula is C30H37ClN6O4. The molecule has 6 rings (SSSR count). The number of carboxylic acid groups (broad SMARTS) is 1. The standard InChI is InChI=1S/C30H37ClN6O4/c31-24-13-22(15-32)14-25-26(24)33-19-37(25)17-21-5-3-4-20(12-21)16-36(29(38)39)18-30(8-10-40-11-9-30)28-34-27(35-41-28)23-6-1-2-7-23/h13-14,19-21,23H,1-12,16-18H2,(H,38,39). The molecule has 1 amide bonds. The zero-order valence-corrected chi connectivity index (χ0v) is 24.1. The molecule has 2 unspecified atom stereocenters. The van der Waals surface area contributed by atoms with Gasteiger partial charge < -0.3 is 23.8 Å². The molecule has 0 spiro atoms. The van der Waals surface area contributed by atoms with Crippen LogP contribution in [0.4, 0.5) is 4.79 Å². The Labute approximate surface area is 244 Å². The Bertz CT molecular complexity index is 1420. The fourth-order valence-electron chi connectivity index (χ4n) is 7.23. The van der Waals surface area contributed by atoms with Crippen LogP contribution >= 0.6 is 11.6 Å². The highest BCUT2D eigenvalue weighted by atomic mass is 35.5. The predicted octanol–water partition coefficient (Wildman–Crippen LogP) is 6.14. The van der Waals surface area contributed by atoms with Crippen LogP contribution in [0.1, 0.15) is 87.4 Å². The molecule has 10 nitrogen and oxygen atoms in total. The molecule has 1 saturated heterocycles. The quantitative estimate of drug-likeness (QED) is 0.336. The van der Waals surface area contributed by atoms with Crippen molar-refractivity contribution >= 4 is 28.7 Å². The number of amides is 1. The third-order valence-corrected chi connectivity index (χ3v) is 9.75. The third kappa shape index (κ3) is 5.93. The lowest BCUT2D eigenvalue weighted by Gasteiger charge is -2.39. The van der Waals surface area contributed by atoms with Crippen LogP contribution in [-0.4, -0.2) is 62.1 Å². The Morgan fingerprint density at radius 1 is 1.17 bits per heavy atom. The molecule has 3 aromatic rings. The molecule has 3 heterocycles. The van der Waals surface area contributed by atoms with Crippen molar-refractivity contribution in [1.29, 1.82) is 5.26 Å². The summed E-state index contributed by atoms with van der Waals surface area (Å²) in [5, 5.41) is 24.5. The van der Waals surface area contributed by atoms with Crippen LogP contribution in [0.2, 0.25) is 5.02 Å². The SMILES string of the molecule is N#Cc1cc(Cl)c2ncn(CC3CCCC(CN(CC4(c5nc(C6CCCC6)no5)CCOCC4)C(=O)O)C3)c2c1. The smallest absolute Gasteiger partial charge is 0.407 e. The summed E-state index contributed by atoms with van der Waals surface area (Å²) in [7, 11) is 0. The number of hydrogen-bond acceptors (Lipinski definition) is 7. The number of halogens is 1. The van der Waals surface area contributed by atoms with E-state index in [1.165, 1.54) is 12.8 Å². The highest BCUT2D eigenvalue weighted by molar-refractivity contribution is 6.35. The van der Waals surface area contributed by atoms with Gasteiger partial charge in [-0.1, -0.05) is 36.0 Å². The zero-order valence-electron chi connectivity index (χ0n) is 23.3. The van der Waals surface area contributed by atoms with Crippen LogP contribution in [0.15, 0.2) is 23.0 Å². The van der Waals surface area contributed by atoms with E-state index >= 15 is 0 Å². The van der Waals surface area contributed by atoms with Gasteiger partial charge in [0.25, 0.3) is 0 Å². The lowest BCUT2D eigenvalue weighted by Crippen LogP contribution is -2.48. The van der Waals surface area contributed by atoms with E-state index < -0.39 is 11.5 Å². The minimum atomic E-state index is -0.909. The second-order valence-electron chi connectivity index (χ2n) is 12.2. The van der Waals surface area contributed by atoms with Crippen molar-refractivity contribution in [1.82, 2.24) is 24.6 Å². The number of fused-ring (bicyclic) bond motifs is 1. The fourth-order valence-corrected chi connectivity index (χ4v) is 7.50. The highest BCUT2D eigenvalue weighted by Gasteiger charge is 2.43. The summed E-state index contributed by atoms with van der Waals surface area (Å²) in [6.45, 7) is 2.68. The first-order valence-electron chi connectivity index (χ1n) is 14.9. The van der Waals surface area contributed by atoms with E-state index in [0.29, 0.717) is 73.0 Å². The molecule has 3 aliphatic rings. The molecule has 2 atom stereocenters. The van der Waals surface area contributed by atoms with Crippen molar-refractivity contribution < 1.29 is 19.2 Å². The van der Waals surface area contributed by atoms with Crippen molar-refractivity contribution in [2.75, 3.05) is 26.3 Å². The molecule has 11 heteroatoms. The maximum atomic E-state index is 12.6. The molecular weight excluding hydrogens is 544 g/mol. The van der Waals surface area contributed by atoms with Gasteiger partial charge in [0.05, 0.1) is 33.9 Å². The number of ether oxygens (including phenoxy) is 1. The first-order chi connectivity index (χ1) is 19.9. The summed E-state index contributed by atoms with van der Waals surface area (Å²) in [5.41, 5.74) is 1.55. The van der Waals surface area contributed by atoms with E-state index in [0.717, 1.165) is 56.4 Å².